The van der Waals surface area contributed by atoms with Crippen molar-refractivity contribution in [2.75, 3.05) is 19.9 Å². The molecule has 0 aliphatic carbocycles. The van der Waals surface area contributed by atoms with Crippen LogP contribution >= 0.6 is 0 Å². The molecular weight excluding hydrogens is 258 g/mol. The topological polar surface area (TPSA) is 59.0 Å². The molecule has 2 aliphatic rings. The molecule has 108 valence electrons. The number of likely N-dealkylation sites (tertiary alicyclic amines) is 1. The summed E-state index contributed by atoms with van der Waals surface area (Å²) in [7, 11) is 0. The SMILES string of the molecule is O=C(c1ccc2c(c1)OCO2)N1CCCCCC1CO. The lowest BCUT2D eigenvalue weighted by molar-refractivity contribution is 0.0599. The molecule has 1 saturated heterocycles. The number of carbonyl (C=O) groups is 1. The fourth-order valence-corrected chi connectivity index (χ4v) is 2.83. The number of carbonyl (C=O) groups excluding carboxylic acids is 1. The van der Waals surface area contributed by atoms with E-state index in [4.69, 9.17) is 9.47 Å². The minimum atomic E-state index is -0.0737. The maximum absolute atomic E-state index is 12.6. The van der Waals surface area contributed by atoms with Crippen molar-refractivity contribution in [1.29, 1.82) is 0 Å². The number of ether oxygens (including phenoxy) is 2. The normalized spacial score (nSPS) is 21.6. The number of nitrogens with zero attached hydrogens (tertiary/aromatic N) is 1. The molecular formula is C15H19NO4. The molecule has 20 heavy (non-hydrogen) atoms. The van der Waals surface area contributed by atoms with Crippen LogP contribution in [0.1, 0.15) is 36.0 Å². The van der Waals surface area contributed by atoms with Crippen molar-refractivity contribution >= 4 is 5.91 Å². The monoisotopic (exact) mass is 277 g/mol. The Hall–Kier alpha value is -1.75. The van der Waals surface area contributed by atoms with Crippen LogP contribution < -0.4 is 9.47 Å². The van der Waals surface area contributed by atoms with Crippen LogP contribution in [-0.4, -0.2) is 41.9 Å². The Bertz CT molecular complexity index is 503. The van der Waals surface area contributed by atoms with Crippen molar-refractivity contribution in [2.45, 2.75) is 31.7 Å². The summed E-state index contributed by atoms with van der Waals surface area (Å²) in [4.78, 5) is 14.4. The summed E-state index contributed by atoms with van der Waals surface area (Å²) < 4.78 is 10.6. The second-order valence-corrected chi connectivity index (χ2v) is 5.25. The van der Waals surface area contributed by atoms with Crippen molar-refractivity contribution < 1.29 is 19.4 Å². The Kier molecular flexibility index (Phi) is 3.78. The molecule has 1 aromatic rings. The van der Waals surface area contributed by atoms with Crippen molar-refractivity contribution in [3.05, 3.63) is 23.8 Å². The van der Waals surface area contributed by atoms with Crippen molar-refractivity contribution in [3.63, 3.8) is 0 Å². The fourth-order valence-electron chi connectivity index (χ4n) is 2.83. The van der Waals surface area contributed by atoms with Crippen LogP contribution in [0.3, 0.4) is 0 Å². The maximum Gasteiger partial charge on any atom is 0.254 e. The number of benzene rings is 1. The van der Waals surface area contributed by atoms with Gasteiger partial charge in [0.1, 0.15) is 0 Å². The first-order chi connectivity index (χ1) is 9.79. The van der Waals surface area contributed by atoms with Gasteiger partial charge in [0.25, 0.3) is 5.91 Å². The number of amides is 1. The summed E-state index contributed by atoms with van der Waals surface area (Å²) in [5.74, 6) is 1.26. The quantitative estimate of drug-likeness (QED) is 0.895. The fraction of sp³-hybridized carbons (Fsp3) is 0.533. The van der Waals surface area contributed by atoms with E-state index in [1.807, 2.05) is 0 Å². The molecule has 0 spiro atoms. The maximum atomic E-state index is 12.6. The smallest absolute Gasteiger partial charge is 0.254 e. The molecule has 1 atom stereocenters. The van der Waals surface area contributed by atoms with E-state index in [-0.39, 0.29) is 25.3 Å². The zero-order valence-electron chi connectivity index (χ0n) is 11.4. The van der Waals surface area contributed by atoms with Gasteiger partial charge in [-0.1, -0.05) is 12.8 Å². The van der Waals surface area contributed by atoms with Gasteiger partial charge in [-0.25, -0.2) is 0 Å². The average Bonchev–Trinajstić information content (AvgIpc) is 2.81. The van der Waals surface area contributed by atoms with E-state index in [2.05, 4.69) is 0 Å². The minimum absolute atomic E-state index is 0.0241. The van der Waals surface area contributed by atoms with Gasteiger partial charge in [-0.2, -0.15) is 0 Å². The van der Waals surface area contributed by atoms with E-state index in [9.17, 15) is 9.90 Å². The molecule has 0 radical (unpaired) electrons. The van der Waals surface area contributed by atoms with Crippen LogP contribution in [0.15, 0.2) is 18.2 Å². The van der Waals surface area contributed by atoms with Crippen molar-refractivity contribution in [2.24, 2.45) is 0 Å². The lowest BCUT2D eigenvalue weighted by atomic mass is 10.1. The molecule has 0 saturated carbocycles. The molecule has 1 fully saturated rings. The zero-order chi connectivity index (χ0) is 13.9. The Morgan fingerprint density at radius 1 is 1.25 bits per heavy atom. The van der Waals surface area contributed by atoms with E-state index in [1.165, 1.54) is 0 Å². The molecule has 2 aliphatic heterocycles. The predicted molar refractivity (Wildman–Crippen MR) is 72.9 cm³/mol. The zero-order valence-corrected chi connectivity index (χ0v) is 11.4. The molecule has 1 aromatic carbocycles. The van der Waals surface area contributed by atoms with Crippen LogP contribution in [-0.2, 0) is 0 Å². The highest BCUT2D eigenvalue weighted by Crippen LogP contribution is 2.33. The molecule has 3 rings (SSSR count). The molecule has 2 heterocycles. The van der Waals surface area contributed by atoms with Gasteiger partial charge in [0.2, 0.25) is 6.79 Å². The molecule has 5 heteroatoms. The highest BCUT2D eigenvalue weighted by molar-refractivity contribution is 5.95. The predicted octanol–water partition coefficient (Wildman–Crippen LogP) is 1.79. The second kappa shape index (κ2) is 5.71. The number of fused-ring (bicyclic) bond motifs is 1. The number of hydrogen-bond donors (Lipinski definition) is 1. The van der Waals surface area contributed by atoms with Gasteiger partial charge >= 0.3 is 0 Å². The number of hydrogen-bond acceptors (Lipinski definition) is 4. The average molecular weight is 277 g/mol. The first-order valence-corrected chi connectivity index (χ1v) is 7.11. The van der Waals surface area contributed by atoms with E-state index >= 15 is 0 Å². The summed E-state index contributed by atoms with van der Waals surface area (Å²) in [6.45, 7) is 0.935. The molecule has 5 nitrogen and oxygen atoms in total. The second-order valence-electron chi connectivity index (χ2n) is 5.25. The van der Waals surface area contributed by atoms with E-state index < -0.39 is 0 Å². The van der Waals surface area contributed by atoms with Crippen LogP contribution in [0.5, 0.6) is 11.5 Å². The highest BCUT2D eigenvalue weighted by atomic mass is 16.7. The number of aliphatic hydroxyl groups is 1. The third-order valence-corrected chi connectivity index (χ3v) is 3.97. The summed E-state index contributed by atoms with van der Waals surface area (Å²) in [6.07, 6.45) is 4.04. The first kappa shape index (κ1) is 13.2. The minimum Gasteiger partial charge on any atom is -0.454 e. The summed E-state index contributed by atoms with van der Waals surface area (Å²) >= 11 is 0. The van der Waals surface area contributed by atoms with Gasteiger partial charge in [-0.05, 0) is 31.0 Å². The molecule has 1 amide bonds. The largest absolute Gasteiger partial charge is 0.454 e. The number of rotatable bonds is 2. The van der Waals surface area contributed by atoms with Gasteiger partial charge in [0.15, 0.2) is 11.5 Å². The van der Waals surface area contributed by atoms with Crippen LogP contribution in [0, 0.1) is 0 Å². The standard InChI is InChI=1S/C15H19NO4/c17-9-12-4-2-1-3-7-16(12)15(18)11-5-6-13-14(8-11)20-10-19-13/h5-6,8,12,17H,1-4,7,9-10H2. The summed E-state index contributed by atoms with van der Waals surface area (Å²) in [5.41, 5.74) is 0.592. The van der Waals surface area contributed by atoms with E-state index in [0.29, 0.717) is 23.6 Å². The van der Waals surface area contributed by atoms with Crippen LogP contribution in [0.25, 0.3) is 0 Å². The third-order valence-electron chi connectivity index (χ3n) is 3.97. The Morgan fingerprint density at radius 3 is 2.95 bits per heavy atom. The van der Waals surface area contributed by atoms with Crippen molar-refractivity contribution in [1.82, 2.24) is 4.90 Å². The Balaban J connectivity index is 1.83. The molecule has 1 N–H and O–H groups in total. The number of aliphatic hydroxyl groups excluding tert-OH is 1. The first-order valence-electron chi connectivity index (χ1n) is 7.11. The van der Waals surface area contributed by atoms with Crippen LogP contribution in [0.4, 0.5) is 0 Å². The Labute approximate surface area is 118 Å². The lowest BCUT2D eigenvalue weighted by Gasteiger charge is -2.28. The van der Waals surface area contributed by atoms with Crippen LogP contribution in [0.2, 0.25) is 0 Å². The van der Waals surface area contributed by atoms with Gasteiger partial charge in [-0.15, -0.1) is 0 Å². The molecule has 1 unspecified atom stereocenters. The van der Waals surface area contributed by atoms with Gasteiger partial charge in [0.05, 0.1) is 12.6 Å². The third kappa shape index (κ3) is 2.45. The van der Waals surface area contributed by atoms with E-state index in [0.717, 1.165) is 25.7 Å². The lowest BCUT2D eigenvalue weighted by Crippen LogP contribution is -2.42. The molecule has 0 aromatic heterocycles. The summed E-state index contributed by atoms with van der Waals surface area (Å²) in [6, 6.07) is 5.18. The van der Waals surface area contributed by atoms with Gasteiger partial charge < -0.3 is 19.5 Å². The Morgan fingerprint density at radius 2 is 2.10 bits per heavy atom. The highest BCUT2D eigenvalue weighted by Gasteiger charge is 2.27. The van der Waals surface area contributed by atoms with E-state index in [1.54, 1.807) is 23.1 Å². The van der Waals surface area contributed by atoms with Gasteiger partial charge in [-0.3, -0.25) is 4.79 Å². The van der Waals surface area contributed by atoms with Crippen molar-refractivity contribution in [3.8, 4) is 11.5 Å². The van der Waals surface area contributed by atoms with Gasteiger partial charge in [0, 0.05) is 12.1 Å². The summed E-state index contributed by atoms with van der Waals surface area (Å²) in [5, 5.41) is 9.50. The molecule has 0 bridgehead atoms.